The topological polar surface area (TPSA) is 83.3 Å². The van der Waals surface area contributed by atoms with Gasteiger partial charge in [-0.3, -0.25) is 9.48 Å². The molecule has 3 N–H and O–H groups in total. The first-order chi connectivity index (χ1) is 11.2. The van der Waals surface area contributed by atoms with Crippen LogP contribution in [-0.2, 0) is 18.4 Å². The Morgan fingerprint density at radius 1 is 1.38 bits per heavy atom. The van der Waals surface area contributed by atoms with Crippen LogP contribution >= 0.6 is 24.0 Å². The third kappa shape index (κ3) is 7.06. The molecular formula is C16H29IN6O. The van der Waals surface area contributed by atoms with Gasteiger partial charge in [0.05, 0.1) is 12.2 Å². The fraction of sp³-hybridized carbons (Fsp3) is 0.688. The monoisotopic (exact) mass is 448 g/mol. The third-order valence-corrected chi connectivity index (χ3v) is 4.03. The summed E-state index contributed by atoms with van der Waals surface area (Å²) in [5, 5.41) is 13.6. The van der Waals surface area contributed by atoms with Gasteiger partial charge >= 0.3 is 0 Å². The fourth-order valence-corrected chi connectivity index (χ4v) is 2.72. The van der Waals surface area contributed by atoms with Gasteiger partial charge in [0.25, 0.3) is 0 Å². The lowest BCUT2D eigenvalue weighted by Crippen LogP contribution is -2.40. The van der Waals surface area contributed by atoms with Crippen LogP contribution in [0.1, 0.15) is 44.7 Å². The predicted octanol–water partition coefficient (Wildman–Crippen LogP) is 1.54. The van der Waals surface area contributed by atoms with E-state index in [1.807, 2.05) is 24.7 Å². The number of nitrogens with one attached hydrogen (secondary N) is 3. The number of rotatable bonds is 7. The zero-order valence-electron chi connectivity index (χ0n) is 14.5. The average molecular weight is 448 g/mol. The van der Waals surface area contributed by atoms with Crippen LogP contribution in [0.2, 0.25) is 0 Å². The van der Waals surface area contributed by atoms with Crippen LogP contribution in [0.4, 0.5) is 0 Å². The van der Waals surface area contributed by atoms with Crippen LogP contribution in [0.15, 0.2) is 17.3 Å². The van der Waals surface area contributed by atoms with Crippen molar-refractivity contribution in [2.24, 2.45) is 12.0 Å². The highest BCUT2D eigenvalue weighted by atomic mass is 127. The Hall–Kier alpha value is -1.32. The maximum atomic E-state index is 11.9. The van der Waals surface area contributed by atoms with Crippen LogP contribution in [-0.4, -0.2) is 40.8 Å². The van der Waals surface area contributed by atoms with E-state index >= 15 is 0 Å². The summed E-state index contributed by atoms with van der Waals surface area (Å²) in [4.78, 5) is 16.4. The van der Waals surface area contributed by atoms with Crippen molar-refractivity contribution >= 4 is 35.8 Å². The van der Waals surface area contributed by atoms with Crippen LogP contribution < -0.4 is 16.0 Å². The molecule has 0 spiro atoms. The van der Waals surface area contributed by atoms with Crippen molar-refractivity contribution in [1.29, 1.82) is 0 Å². The van der Waals surface area contributed by atoms with Crippen molar-refractivity contribution in [3.8, 4) is 0 Å². The van der Waals surface area contributed by atoms with Crippen molar-refractivity contribution in [2.75, 3.05) is 13.1 Å². The molecule has 0 aromatic carbocycles. The van der Waals surface area contributed by atoms with E-state index in [0.717, 1.165) is 31.0 Å². The molecule has 1 saturated carbocycles. The Morgan fingerprint density at radius 3 is 2.75 bits per heavy atom. The zero-order chi connectivity index (χ0) is 16.5. The number of carbonyl (C=O) groups is 1. The first-order valence-corrected chi connectivity index (χ1v) is 8.47. The molecule has 1 aliphatic rings. The van der Waals surface area contributed by atoms with Crippen LogP contribution in [0, 0.1) is 0 Å². The molecule has 0 saturated heterocycles. The standard InChI is InChI=1S/C16H28N6O.HI/c1-3-17-16(19-12-14-8-11-20-22(14)2)18-10-9-15(23)21-13-6-4-5-7-13;/h8,11,13H,3-7,9-10,12H2,1-2H3,(H,21,23)(H2,17,18,19);1H. The highest BCUT2D eigenvalue weighted by molar-refractivity contribution is 14.0. The molecule has 1 amide bonds. The van der Waals surface area contributed by atoms with Gasteiger partial charge in [0, 0.05) is 38.8 Å². The van der Waals surface area contributed by atoms with Crippen molar-refractivity contribution in [1.82, 2.24) is 25.7 Å². The molecule has 7 nitrogen and oxygen atoms in total. The molecule has 24 heavy (non-hydrogen) atoms. The lowest BCUT2D eigenvalue weighted by Gasteiger charge is -2.13. The summed E-state index contributed by atoms with van der Waals surface area (Å²) in [5.74, 6) is 0.842. The number of aryl methyl sites for hydroxylation is 1. The van der Waals surface area contributed by atoms with Gasteiger partial charge in [-0.05, 0) is 25.8 Å². The maximum absolute atomic E-state index is 11.9. The molecule has 8 heteroatoms. The maximum Gasteiger partial charge on any atom is 0.221 e. The first-order valence-electron chi connectivity index (χ1n) is 8.47. The van der Waals surface area contributed by atoms with E-state index in [1.165, 1.54) is 12.8 Å². The molecule has 0 radical (unpaired) electrons. The summed E-state index contributed by atoms with van der Waals surface area (Å²) in [7, 11) is 1.90. The lowest BCUT2D eigenvalue weighted by atomic mass is 10.2. The van der Waals surface area contributed by atoms with Gasteiger partial charge in [0.15, 0.2) is 5.96 Å². The van der Waals surface area contributed by atoms with E-state index in [2.05, 4.69) is 26.0 Å². The Bertz CT molecular complexity index is 524. The van der Waals surface area contributed by atoms with Gasteiger partial charge < -0.3 is 16.0 Å². The number of aromatic nitrogens is 2. The quantitative estimate of drug-likeness (QED) is 0.336. The van der Waals surface area contributed by atoms with Gasteiger partial charge in [-0.15, -0.1) is 24.0 Å². The van der Waals surface area contributed by atoms with E-state index in [-0.39, 0.29) is 29.9 Å². The Kier molecular flexibility index (Phi) is 9.73. The lowest BCUT2D eigenvalue weighted by molar-refractivity contribution is -0.121. The number of nitrogens with zero attached hydrogens (tertiary/aromatic N) is 3. The first kappa shape index (κ1) is 20.7. The molecule has 136 valence electrons. The molecule has 1 aromatic heterocycles. The van der Waals surface area contributed by atoms with E-state index in [9.17, 15) is 4.79 Å². The SMILES string of the molecule is CCNC(=NCc1ccnn1C)NCCC(=O)NC1CCCC1.I. The van der Waals surface area contributed by atoms with Gasteiger partial charge in [0.1, 0.15) is 0 Å². The van der Waals surface area contributed by atoms with E-state index in [1.54, 1.807) is 6.20 Å². The molecular weight excluding hydrogens is 419 g/mol. The Balaban J connectivity index is 0.00000288. The molecule has 2 rings (SSSR count). The minimum absolute atomic E-state index is 0. The molecule has 1 heterocycles. The van der Waals surface area contributed by atoms with Crippen LogP contribution in [0.5, 0.6) is 0 Å². The highest BCUT2D eigenvalue weighted by Gasteiger charge is 2.16. The van der Waals surface area contributed by atoms with Crippen molar-refractivity contribution in [2.45, 2.75) is 51.6 Å². The number of amides is 1. The summed E-state index contributed by atoms with van der Waals surface area (Å²) in [6.07, 6.45) is 6.93. The molecule has 0 unspecified atom stereocenters. The summed E-state index contributed by atoms with van der Waals surface area (Å²) >= 11 is 0. The van der Waals surface area contributed by atoms with Crippen molar-refractivity contribution in [3.05, 3.63) is 18.0 Å². The van der Waals surface area contributed by atoms with Crippen molar-refractivity contribution < 1.29 is 4.79 Å². The molecule has 1 fully saturated rings. The van der Waals surface area contributed by atoms with Gasteiger partial charge in [-0.1, -0.05) is 12.8 Å². The van der Waals surface area contributed by atoms with E-state index in [4.69, 9.17) is 0 Å². The average Bonchev–Trinajstić information content (AvgIpc) is 3.16. The van der Waals surface area contributed by atoms with Gasteiger partial charge in [-0.2, -0.15) is 5.10 Å². The zero-order valence-corrected chi connectivity index (χ0v) is 16.9. The summed E-state index contributed by atoms with van der Waals surface area (Å²) in [5.41, 5.74) is 1.04. The number of hydrogen-bond donors (Lipinski definition) is 3. The number of carbonyl (C=O) groups excluding carboxylic acids is 1. The number of aliphatic imine (C=N–C) groups is 1. The highest BCUT2D eigenvalue weighted by Crippen LogP contribution is 2.17. The molecule has 1 aliphatic carbocycles. The third-order valence-electron chi connectivity index (χ3n) is 4.03. The van der Waals surface area contributed by atoms with Gasteiger partial charge in [0.2, 0.25) is 5.91 Å². The van der Waals surface area contributed by atoms with E-state index in [0.29, 0.717) is 25.6 Å². The summed E-state index contributed by atoms with van der Waals surface area (Å²) in [6.45, 7) is 3.94. The smallest absolute Gasteiger partial charge is 0.221 e. The van der Waals surface area contributed by atoms with E-state index < -0.39 is 0 Å². The minimum Gasteiger partial charge on any atom is -0.357 e. The van der Waals surface area contributed by atoms with Crippen LogP contribution in [0.3, 0.4) is 0 Å². The second kappa shape index (κ2) is 11.3. The second-order valence-corrected chi connectivity index (χ2v) is 5.87. The summed E-state index contributed by atoms with van der Waals surface area (Å²) < 4.78 is 1.81. The predicted molar refractivity (Wildman–Crippen MR) is 106 cm³/mol. The largest absolute Gasteiger partial charge is 0.357 e. The molecule has 0 atom stereocenters. The fourth-order valence-electron chi connectivity index (χ4n) is 2.72. The number of halogens is 1. The van der Waals surface area contributed by atoms with Crippen molar-refractivity contribution in [3.63, 3.8) is 0 Å². The number of hydrogen-bond acceptors (Lipinski definition) is 3. The van der Waals surface area contributed by atoms with Crippen LogP contribution in [0.25, 0.3) is 0 Å². The Labute approximate surface area is 161 Å². The molecule has 1 aromatic rings. The molecule has 0 bridgehead atoms. The summed E-state index contributed by atoms with van der Waals surface area (Å²) in [6, 6.07) is 2.33. The second-order valence-electron chi connectivity index (χ2n) is 5.87. The minimum atomic E-state index is 0. The number of guanidine groups is 1. The molecule has 0 aliphatic heterocycles. The van der Waals surface area contributed by atoms with Gasteiger partial charge in [-0.25, -0.2) is 4.99 Å². The Morgan fingerprint density at radius 2 is 2.12 bits per heavy atom. The normalized spacial score (nSPS) is 15.0.